The number of anilines is 1. The number of benzene rings is 1. The molecule has 3 rings (SSSR count). The fraction of sp³-hybridized carbons (Fsp3) is 0.632. The molecule has 0 spiro atoms. The number of hydrogen-bond acceptors (Lipinski definition) is 4. The van der Waals surface area contributed by atoms with Crippen molar-refractivity contribution in [1.29, 1.82) is 0 Å². The molecule has 1 aromatic rings. The minimum Gasteiger partial charge on any atom is -0.351 e. The first kappa shape index (κ1) is 19.5. The molecule has 0 aromatic heterocycles. The van der Waals surface area contributed by atoms with Gasteiger partial charge in [0.05, 0.1) is 11.4 Å². The molecule has 0 unspecified atom stereocenters. The molecule has 1 aliphatic heterocycles. The number of hydrogen-bond donors (Lipinski definition) is 1. The lowest BCUT2D eigenvalue weighted by molar-refractivity contribution is 0.0956. The number of carbonyl (C=O) groups excluding carboxylic acids is 1. The van der Waals surface area contributed by atoms with Gasteiger partial charge in [0.1, 0.15) is 0 Å². The van der Waals surface area contributed by atoms with Crippen LogP contribution in [-0.4, -0.2) is 44.2 Å². The summed E-state index contributed by atoms with van der Waals surface area (Å²) in [6, 6.07) is 6.94. The van der Waals surface area contributed by atoms with Crippen LogP contribution in [0.2, 0.25) is 0 Å². The summed E-state index contributed by atoms with van der Waals surface area (Å²) in [5.74, 6) is 0.976. The quantitative estimate of drug-likeness (QED) is 0.748. The van der Waals surface area contributed by atoms with Gasteiger partial charge in [-0.05, 0) is 43.9 Å². The molecule has 1 aliphatic carbocycles. The maximum absolute atomic E-state index is 12.4. The molecule has 1 saturated heterocycles. The van der Waals surface area contributed by atoms with E-state index in [1.54, 1.807) is 24.3 Å². The van der Waals surface area contributed by atoms with Crippen molar-refractivity contribution in [3.8, 4) is 0 Å². The third kappa shape index (κ3) is 5.16. The van der Waals surface area contributed by atoms with E-state index in [2.05, 4.69) is 5.32 Å². The predicted molar refractivity (Wildman–Crippen MR) is 108 cm³/mol. The molecule has 0 bridgehead atoms. The van der Waals surface area contributed by atoms with Crippen LogP contribution in [0.1, 0.15) is 55.3 Å². The van der Waals surface area contributed by atoms with Crippen molar-refractivity contribution in [3.05, 3.63) is 29.8 Å². The van der Waals surface area contributed by atoms with Crippen molar-refractivity contribution in [2.45, 2.75) is 50.2 Å². The molecule has 7 heteroatoms. The summed E-state index contributed by atoms with van der Waals surface area (Å²) in [6.07, 6.45) is 8.17. The summed E-state index contributed by atoms with van der Waals surface area (Å²) >= 11 is 1.96. The molecule has 144 valence electrons. The van der Waals surface area contributed by atoms with E-state index >= 15 is 0 Å². The lowest BCUT2D eigenvalue weighted by Gasteiger charge is -2.28. The molecule has 1 aromatic carbocycles. The second-order valence-corrected chi connectivity index (χ2v) is 10.5. The van der Waals surface area contributed by atoms with Gasteiger partial charge in [0.25, 0.3) is 5.91 Å². The summed E-state index contributed by atoms with van der Waals surface area (Å²) in [5.41, 5.74) is 1.11. The summed E-state index contributed by atoms with van der Waals surface area (Å²) in [5, 5.41) is 3.71. The van der Waals surface area contributed by atoms with E-state index in [-0.39, 0.29) is 11.7 Å². The van der Waals surface area contributed by atoms with Crippen LogP contribution in [0.5, 0.6) is 0 Å². The molecule has 1 saturated carbocycles. The summed E-state index contributed by atoms with van der Waals surface area (Å²) in [4.78, 5) is 12.4. The normalized spacial score (nSPS) is 20.7. The van der Waals surface area contributed by atoms with Crippen molar-refractivity contribution < 1.29 is 13.2 Å². The Hall–Kier alpha value is -1.21. The van der Waals surface area contributed by atoms with Gasteiger partial charge in [-0.3, -0.25) is 9.10 Å². The zero-order chi connectivity index (χ0) is 18.4. The second kappa shape index (κ2) is 9.13. The highest BCUT2D eigenvalue weighted by molar-refractivity contribution is 7.99. The van der Waals surface area contributed by atoms with Crippen molar-refractivity contribution in [2.75, 3.05) is 28.9 Å². The van der Waals surface area contributed by atoms with Crippen LogP contribution in [0.4, 0.5) is 5.69 Å². The van der Waals surface area contributed by atoms with Crippen LogP contribution in [0.15, 0.2) is 24.3 Å². The van der Waals surface area contributed by atoms with E-state index in [1.165, 1.54) is 36.4 Å². The highest BCUT2D eigenvalue weighted by Gasteiger charge is 2.26. The summed E-state index contributed by atoms with van der Waals surface area (Å²) in [7, 11) is -3.25. The maximum atomic E-state index is 12.4. The summed E-state index contributed by atoms with van der Waals surface area (Å²) in [6.45, 7) is 1.14. The third-order valence-electron chi connectivity index (χ3n) is 5.04. The predicted octanol–water partition coefficient (Wildman–Crippen LogP) is 3.41. The molecule has 2 aliphatic rings. The van der Waals surface area contributed by atoms with E-state index in [4.69, 9.17) is 0 Å². The number of nitrogens with zero attached hydrogens (tertiary/aromatic N) is 1. The van der Waals surface area contributed by atoms with Gasteiger partial charge >= 0.3 is 0 Å². The van der Waals surface area contributed by atoms with E-state index in [0.29, 0.717) is 30.8 Å². The molecule has 0 atom stereocenters. The van der Waals surface area contributed by atoms with Crippen molar-refractivity contribution in [1.82, 2.24) is 5.32 Å². The van der Waals surface area contributed by atoms with E-state index in [1.807, 2.05) is 11.8 Å². The summed E-state index contributed by atoms with van der Waals surface area (Å²) < 4.78 is 25.9. The number of thioether (sulfide) groups is 1. The molecule has 1 N–H and O–H groups in total. The number of amides is 1. The van der Waals surface area contributed by atoms with Gasteiger partial charge in [0.15, 0.2) is 0 Å². The van der Waals surface area contributed by atoms with Crippen LogP contribution < -0.4 is 9.62 Å². The zero-order valence-corrected chi connectivity index (χ0v) is 16.8. The van der Waals surface area contributed by atoms with Crippen molar-refractivity contribution in [3.63, 3.8) is 0 Å². The van der Waals surface area contributed by atoms with Crippen LogP contribution in [0.25, 0.3) is 0 Å². The molecular formula is C19H28N2O3S2. The van der Waals surface area contributed by atoms with Crippen molar-refractivity contribution >= 4 is 33.4 Å². The van der Waals surface area contributed by atoms with E-state index in [0.717, 1.165) is 17.4 Å². The van der Waals surface area contributed by atoms with Gasteiger partial charge in [-0.15, -0.1) is 0 Å². The topological polar surface area (TPSA) is 66.5 Å². The molecule has 2 fully saturated rings. The highest BCUT2D eigenvalue weighted by atomic mass is 32.2. The monoisotopic (exact) mass is 396 g/mol. The van der Waals surface area contributed by atoms with Crippen molar-refractivity contribution in [2.24, 2.45) is 0 Å². The Balaban J connectivity index is 1.53. The molecule has 26 heavy (non-hydrogen) atoms. The lowest BCUT2D eigenvalue weighted by atomic mass is 10.0. The SMILES string of the molecule is O=C(NCCSC1CCCCC1)c1cccc(N2CCCCS2(=O)=O)c1. The Labute approximate surface area is 161 Å². The Bertz CT molecular complexity index is 715. The number of rotatable bonds is 6. The van der Waals surface area contributed by atoms with E-state index in [9.17, 15) is 13.2 Å². The first-order valence-electron chi connectivity index (χ1n) is 9.56. The van der Waals surface area contributed by atoms with Gasteiger partial charge in [0.2, 0.25) is 10.0 Å². The van der Waals surface area contributed by atoms with Crippen LogP contribution in [-0.2, 0) is 10.0 Å². The third-order valence-corrected chi connectivity index (χ3v) is 8.29. The average molecular weight is 397 g/mol. The first-order valence-corrected chi connectivity index (χ1v) is 12.2. The molecule has 1 heterocycles. The Morgan fingerprint density at radius 3 is 2.73 bits per heavy atom. The Morgan fingerprint density at radius 2 is 1.96 bits per heavy atom. The first-order chi connectivity index (χ1) is 12.6. The fourth-order valence-electron chi connectivity index (χ4n) is 3.61. The Morgan fingerprint density at radius 1 is 1.15 bits per heavy atom. The number of carbonyl (C=O) groups is 1. The van der Waals surface area contributed by atoms with Crippen LogP contribution in [0.3, 0.4) is 0 Å². The molecule has 5 nitrogen and oxygen atoms in total. The van der Waals surface area contributed by atoms with Gasteiger partial charge in [-0.1, -0.05) is 25.3 Å². The zero-order valence-electron chi connectivity index (χ0n) is 15.2. The molecule has 1 amide bonds. The maximum Gasteiger partial charge on any atom is 0.251 e. The smallest absolute Gasteiger partial charge is 0.251 e. The van der Waals surface area contributed by atoms with Gasteiger partial charge in [-0.2, -0.15) is 11.8 Å². The van der Waals surface area contributed by atoms with Gasteiger partial charge < -0.3 is 5.32 Å². The highest BCUT2D eigenvalue weighted by Crippen LogP contribution is 2.28. The minimum absolute atomic E-state index is 0.134. The number of nitrogens with one attached hydrogen (secondary N) is 1. The Kier molecular flexibility index (Phi) is 6.86. The molecular weight excluding hydrogens is 368 g/mol. The van der Waals surface area contributed by atoms with Gasteiger partial charge in [-0.25, -0.2) is 8.42 Å². The number of sulfonamides is 1. The second-order valence-electron chi connectivity index (χ2n) is 7.03. The fourth-order valence-corrected chi connectivity index (χ4v) is 6.46. The average Bonchev–Trinajstić information content (AvgIpc) is 2.65. The standard InChI is InChI=1S/C19H28N2O3S2/c22-19(20-11-13-25-18-9-2-1-3-10-18)16-7-6-8-17(15-16)21-12-4-5-14-26(21,23)24/h6-8,15,18H,1-5,9-14H2,(H,20,22). The van der Waals surface area contributed by atoms with E-state index < -0.39 is 10.0 Å². The largest absolute Gasteiger partial charge is 0.351 e. The minimum atomic E-state index is -3.25. The van der Waals surface area contributed by atoms with Crippen LogP contribution >= 0.6 is 11.8 Å². The van der Waals surface area contributed by atoms with Gasteiger partial charge in [0, 0.05) is 29.7 Å². The lowest BCUT2D eigenvalue weighted by Crippen LogP contribution is -2.38. The molecule has 0 radical (unpaired) electrons. The van der Waals surface area contributed by atoms with Crippen LogP contribution in [0, 0.1) is 0 Å².